The Kier molecular flexibility index (Phi) is 3.51. The van der Waals surface area contributed by atoms with Crippen molar-refractivity contribution in [3.8, 4) is 0 Å². The summed E-state index contributed by atoms with van der Waals surface area (Å²) in [5, 5.41) is 6.57. The molecule has 0 bridgehead atoms. The van der Waals surface area contributed by atoms with E-state index in [4.69, 9.17) is 0 Å². The molecule has 0 aromatic carbocycles. The van der Waals surface area contributed by atoms with Crippen molar-refractivity contribution in [3.05, 3.63) is 40.0 Å². The van der Waals surface area contributed by atoms with Crippen LogP contribution in [0.2, 0.25) is 0 Å². The molecule has 0 aliphatic carbocycles. The van der Waals surface area contributed by atoms with Crippen molar-refractivity contribution in [2.24, 2.45) is 0 Å². The van der Waals surface area contributed by atoms with Crippen LogP contribution in [0, 0.1) is 13.8 Å². The maximum atomic E-state index is 4.42. The molecule has 2 aromatic heterocycles. The monoisotopic (exact) mass is 233 g/mol. The van der Waals surface area contributed by atoms with Crippen LogP contribution in [0.3, 0.4) is 0 Å². The summed E-state index contributed by atoms with van der Waals surface area (Å²) in [4.78, 5) is 8.71. The molecular formula is C12H15N3S. The minimum Gasteiger partial charge on any atom is -0.369 e. The number of hydrogen-bond acceptors (Lipinski definition) is 4. The molecule has 0 aliphatic rings. The van der Waals surface area contributed by atoms with E-state index in [1.807, 2.05) is 19.2 Å². The number of anilines is 1. The quantitative estimate of drug-likeness (QED) is 0.882. The summed E-state index contributed by atoms with van der Waals surface area (Å²) < 4.78 is 0. The highest BCUT2D eigenvalue weighted by Gasteiger charge is 2.00. The van der Waals surface area contributed by atoms with Crippen molar-refractivity contribution in [1.82, 2.24) is 9.97 Å². The second-order valence-electron chi connectivity index (χ2n) is 3.70. The molecule has 0 spiro atoms. The molecule has 3 nitrogen and oxygen atoms in total. The molecule has 0 saturated carbocycles. The fraction of sp³-hybridized carbons (Fsp3) is 0.333. The van der Waals surface area contributed by atoms with Crippen LogP contribution in [-0.2, 0) is 6.42 Å². The average Bonchev–Trinajstić information content (AvgIpc) is 2.67. The summed E-state index contributed by atoms with van der Waals surface area (Å²) in [7, 11) is 0. The number of aromatic nitrogens is 2. The summed E-state index contributed by atoms with van der Waals surface area (Å²) in [6.45, 7) is 4.97. The molecule has 2 rings (SSSR count). The Morgan fingerprint density at radius 3 is 2.94 bits per heavy atom. The van der Waals surface area contributed by atoms with Gasteiger partial charge in [-0.05, 0) is 25.5 Å². The minimum atomic E-state index is 0.876. The second kappa shape index (κ2) is 5.07. The zero-order chi connectivity index (χ0) is 11.4. The standard InChI is InChI=1S/C12H15N3S/c1-9-4-3-6-13-12(9)14-7-5-11-8-16-10(2)15-11/h3-4,6,8H,5,7H2,1-2H3,(H,13,14). The van der Waals surface area contributed by atoms with Crippen LogP contribution in [0.25, 0.3) is 0 Å². The number of rotatable bonds is 4. The SMILES string of the molecule is Cc1nc(CCNc2ncccc2C)cs1. The van der Waals surface area contributed by atoms with Crippen molar-refractivity contribution in [2.45, 2.75) is 20.3 Å². The Morgan fingerprint density at radius 1 is 1.38 bits per heavy atom. The molecule has 16 heavy (non-hydrogen) atoms. The minimum absolute atomic E-state index is 0.876. The Hall–Kier alpha value is -1.42. The molecule has 0 amide bonds. The Bertz CT molecular complexity index is 465. The molecule has 84 valence electrons. The maximum absolute atomic E-state index is 4.42. The number of pyridine rings is 1. The molecule has 1 N–H and O–H groups in total. The Labute approximate surface area is 99.6 Å². The Morgan fingerprint density at radius 2 is 2.25 bits per heavy atom. The number of hydrogen-bond donors (Lipinski definition) is 1. The van der Waals surface area contributed by atoms with Gasteiger partial charge in [0.25, 0.3) is 0 Å². The fourth-order valence-electron chi connectivity index (χ4n) is 1.50. The number of nitrogens with one attached hydrogen (secondary N) is 1. The van der Waals surface area contributed by atoms with Gasteiger partial charge in [0.2, 0.25) is 0 Å². The summed E-state index contributed by atoms with van der Waals surface area (Å²) in [6, 6.07) is 4.01. The van der Waals surface area contributed by atoms with Crippen molar-refractivity contribution in [1.29, 1.82) is 0 Å². The van der Waals surface area contributed by atoms with Gasteiger partial charge in [-0.2, -0.15) is 0 Å². The Balaban J connectivity index is 1.87. The van der Waals surface area contributed by atoms with Crippen molar-refractivity contribution in [3.63, 3.8) is 0 Å². The smallest absolute Gasteiger partial charge is 0.128 e. The summed E-state index contributed by atoms with van der Waals surface area (Å²) in [5.41, 5.74) is 2.33. The van der Waals surface area contributed by atoms with Gasteiger partial charge in [0, 0.05) is 24.5 Å². The van der Waals surface area contributed by atoms with E-state index in [1.54, 1.807) is 11.3 Å². The zero-order valence-electron chi connectivity index (χ0n) is 9.53. The van der Waals surface area contributed by atoms with Crippen LogP contribution in [0.5, 0.6) is 0 Å². The molecule has 0 saturated heterocycles. The highest BCUT2D eigenvalue weighted by atomic mass is 32.1. The van der Waals surface area contributed by atoms with E-state index in [-0.39, 0.29) is 0 Å². The topological polar surface area (TPSA) is 37.8 Å². The van der Waals surface area contributed by atoms with Crippen LogP contribution in [-0.4, -0.2) is 16.5 Å². The molecule has 0 radical (unpaired) electrons. The lowest BCUT2D eigenvalue weighted by Gasteiger charge is -2.06. The highest BCUT2D eigenvalue weighted by Crippen LogP contribution is 2.11. The van der Waals surface area contributed by atoms with Gasteiger partial charge in [-0.1, -0.05) is 6.07 Å². The molecule has 0 unspecified atom stereocenters. The van der Waals surface area contributed by atoms with E-state index in [0.29, 0.717) is 0 Å². The molecule has 0 aliphatic heterocycles. The van der Waals surface area contributed by atoms with Crippen LogP contribution in [0.15, 0.2) is 23.7 Å². The first-order chi connectivity index (χ1) is 7.75. The molecule has 0 atom stereocenters. The van der Waals surface area contributed by atoms with Crippen LogP contribution in [0.4, 0.5) is 5.82 Å². The number of aryl methyl sites for hydroxylation is 2. The van der Waals surface area contributed by atoms with Crippen LogP contribution >= 0.6 is 11.3 Å². The third-order valence-electron chi connectivity index (χ3n) is 2.35. The first-order valence-corrected chi connectivity index (χ1v) is 6.20. The predicted octanol–water partition coefficient (Wildman–Crippen LogP) is 2.81. The van der Waals surface area contributed by atoms with E-state index in [2.05, 4.69) is 33.7 Å². The molecule has 4 heteroatoms. The average molecular weight is 233 g/mol. The number of thiazole rings is 1. The lowest BCUT2D eigenvalue weighted by atomic mass is 10.3. The fourth-order valence-corrected chi connectivity index (χ4v) is 2.15. The van der Waals surface area contributed by atoms with E-state index >= 15 is 0 Å². The van der Waals surface area contributed by atoms with E-state index in [0.717, 1.165) is 29.5 Å². The maximum Gasteiger partial charge on any atom is 0.128 e. The lowest BCUT2D eigenvalue weighted by molar-refractivity contribution is 0.957. The van der Waals surface area contributed by atoms with Crippen molar-refractivity contribution in [2.75, 3.05) is 11.9 Å². The van der Waals surface area contributed by atoms with Crippen LogP contribution < -0.4 is 5.32 Å². The van der Waals surface area contributed by atoms with Crippen molar-refractivity contribution < 1.29 is 0 Å². The molecular weight excluding hydrogens is 218 g/mol. The normalized spacial score (nSPS) is 10.4. The largest absolute Gasteiger partial charge is 0.369 e. The first kappa shape index (κ1) is 11.1. The van der Waals surface area contributed by atoms with Crippen LogP contribution in [0.1, 0.15) is 16.3 Å². The summed E-state index contributed by atoms with van der Waals surface area (Å²) in [5.74, 6) is 0.967. The lowest BCUT2D eigenvalue weighted by Crippen LogP contribution is -2.07. The first-order valence-electron chi connectivity index (χ1n) is 5.32. The third-order valence-corrected chi connectivity index (χ3v) is 3.17. The highest BCUT2D eigenvalue weighted by molar-refractivity contribution is 7.09. The summed E-state index contributed by atoms with van der Waals surface area (Å²) >= 11 is 1.70. The van der Waals surface area contributed by atoms with Gasteiger partial charge in [-0.25, -0.2) is 9.97 Å². The van der Waals surface area contributed by atoms with Gasteiger partial charge >= 0.3 is 0 Å². The predicted molar refractivity (Wildman–Crippen MR) is 68.0 cm³/mol. The summed E-state index contributed by atoms with van der Waals surface area (Å²) in [6.07, 6.45) is 2.75. The van der Waals surface area contributed by atoms with Gasteiger partial charge < -0.3 is 5.32 Å². The molecule has 2 heterocycles. The third kappa shape index (κ3) is 2.79. The number of nitrogens with zero attached hydrogens (tertiary/aromatic N) is 2. The molecule has 2 aromatic rings. The van der Waals surface area contributed by atoms with E-state index < -0.39 is 0 Å². The van der Waals surface area contributed by atoms with Crippen molar-refractivity contribution >= 4 is 17.2 Å². The zero-order valence-corrected chi connectivity index (χ0v) is 10.3. The van der Waals surface area contributed by atoms with Gasteiger partial charge in [-0.15, -0.1) is 11.3 Å². The van der Waals surface area contributed by atoms with E-state index in [9.17, 15) is 0 Å². The van der Waals surface area contributed by atoms with E-state index in [1.165, 1.54) is 5.56 Å². The van der Waals surface area contributed by atoms with Gasteiger partial charge in [0.15, 0.2) is 0 Å². The second-order valence-corrected chi connectivity index (χ2v) is 4.77. The molecule has 0 fully saturated rings. The van der Waals surface area contributed by atoms with Gasteiger partial charge in [0.05, 0.1) is 10.7 Å². The van der Waals surface area contributed by atoms with Gasteiger partial charge in [0.1, 0.15) is 5.82 Å². The van der Waals surface area contributed by atoms with Gasteiger partial charge in [-0.3, -0.25) is 0 Å².